The molecule has 0 bridgehead atoms. The largest absolute Gasteiger partial charge is 0.492 e. The summed E-state index contributed by atoms with van der Waals surface area (Å²) >= 11 is 0. The molecule has 1 amide bonds. The molecular formula is C19H18N2O2. The minimum absolute atomic E-state index is 0.0161. The van der Waals surface area contributed by atoms with Gasteiger partial charge in [-0.15, -0.1) is 0 Å². The van der Waals surface area contributed by atoms with Crippen molar-refractivity contribution in [3.05, 3.63) is 60.2 Å². The van der Waals surface area contributed by atoms with Crippen molar-refractivity contribution in [2.45, 2.75) is 19.3 Å². The lowest BCUT2D eigenvalue weighted by Crippen LogP contribution is -2.17. The quantitative estimate of drug-likeness (QED) is 0.877. The zero-order valence-corrected chi connectivity index (χ0v) is 12.8. The minimum Gasteiger partial charge on any atom is -0.492 e. The monoisotopic (exact) mass is 306 g/mol. The lowest BCUT2D eigenvalue weighted by molar-refractivity contribution is 0.102. The lowest BCUT2D eigenvalue weighted by atomic mass is 10.1. The molecule has 2 aromatic rings. The molecule has 4 heteroatoms. The minimum atomic E-state index is -0.197. The van der Waals surface area contributed by atoms with Gasteiger partial charge in [-0.05, 0) is 37.1 Å². The van der Waals surface area contributed by atoms with E-state index < -0.39 is 0 Å². The molecule has 0 aliphatic heterocycles. The SMILES string of the molecule is N#CCC1(COc2ccccc2C(=O)Nc2ccccc2)CC1. The van der Waals surface area contributed by atoms with Crippen molar-refractivity contribution in [3.63, 3.8) is 0 Å². The summed E-state index contributed by atoms with van der Waals surface area (Å²) in [6.07, 6.45) is 2.53. The fourth-order valence-electron chi connectivity index (χ4n) is 2.45. The highest BCUT2D eigenvalue weighted by Gasteiger charge is 2.43. The van der Waals surface area contributed by atoms with Crippen LogP contribution in [0.5, 0.6) is 5.75 Å². The molecule has 1 saturated carbocycles. The van der Waals surface area contributed by atoms with Crippen molar-refractivity contribution in [1.29, 1.82) is 5.26 Å². The summed E-state index contributed by atoms with van der Waals surface area (Å²) < 4.78 is 5.86. The summed E-state index contributed by atoms with van der Waals surface area (Å²) in [5.41, 5.74) is 1.23. The molecule has 1 aliphatic carbocycles. The highest BCUT2D eigenvalue weighted by atomic mass is 16.5. The Kier molecular flexibility index (Phi) is 4.29. The molecule has 0 radical (unpaired) electrons. The molecule has 1 fully saturated rings. The summed E-state index contributed by atoms with van der Waals surface area (Å²) in [5, 5.41) is 11.7. The van der Waals surface area contributed by atoms with Gasteiger partial charge >= 0.3 is 0 Å². The summed E-state index contributed by atoms with van der Waals surface area (Å²) in [6, 6.07) is 18.7. The number of amides is 1. The van der Waals surface area contributed by atoms with Crippen LogP contribution in [0, 0.1) is 16.7 Å². The first kappa shape index (κ1) is 15.1. The van der Waals surface area contributed by atoms with E-state index in [9.17, 15) is 4.79 Å². The van der Waals surface area contributed by atoms with E-state index in [2.05, 4.69) is 11.4 Å². The smallest absolute Gasteiger partial charge is 0.259 e. The van der Waals surface area contributed by atoms with Gasteiger partial charge in [0.15, 0.2) is 0 Å². The second kappa shape index (κ2) is 6.53. The second-order valence-electron chi connectivity index (χ2n) is 5.94. The fourth-order valence-corrected chi connectivity index (χ4v) is 2.45. The molecule has 0 heterocycles. The molecule has 2 aromatic carbocycles. The third-order valence-corrected chi connectivity index (χ3v) is 4.11. The van der Waals surface area contributed by atoms with Crippen LogP contribution in [0.3, 0.4) is 0 Å². The van der Waals surface area contributed by atoms with Crippen LogP contribution in [0.25, 0.3) is 0 Å². The summed E-state index contributed by atoms with van der Waals surface area (Å²) in [4.78, 5) is 12.5. The van der Waals surface area contributed by atoms with Gasteiger partial charge in [0.05, 0.1) is 18.2 Å². The van der Waals surface area contributed by atoms with Gasteiger partial charge in [0, 0.05) is 17.5 Å². The van der Waals surface area contributed by atoms with Crippen molar-refractivity contribution in [3.8, 4) is 11.8 Å². The number of hydrogen-bond acceptors (Lipinski definition) is 3. The molecule has 0 spiro atoms. The number of ether oxygens (including phenoxy) is 1. The second-order valence-corrected chi connectivity index (χ2v) is 5.94. The van der Waals surface area contributed by atoms with Crippen molar-refractivity contribution in [1.82, 2.24) is 0 Å². The highest BCUT2D eigenvalue weighted by molar-refractivity contribution is 6.06. The Labute approximate surface area is 135 Å². The summed E-state index contributed by atoms with van der Waals surface area (Å²) in [6.45, 7) is 0.482. The molecule has 0 aromatic heterocycles. The topological polar surface area (TPSA) is 62.1 Å². The normalized spacial score (nSPS) is 14.6. The molecule has 23 heavy (non-hydrogen) atoms. The third-order valence-electron chi connectivity index (χ3n) is 4.11. The number of nitrogens with zero attached hydrogens (tertiary/aromatic N) is 1. The first-order valence-corrected chi connectivity index (χ1v) is 7.68. The zero-order chi connectivity index (χ0) is 16.1. The van der Waals surface area contributed by atoms with Gasteiger partial charge in [0.2, 0.25) is 0 Å². The van der Waals surface area contributed by atoms with Gasteiger partial charge in [0.1, 0.15) is 5.75 Å². The van der Waals surface area contributed by atoms with Gasteiger partial charge in [-0.2, -0.15) is 5.26 Å². The molecule has 3 rings (SSSR count). The average molecular weight is 306 g/mol. The Balaban J connectivity index is 1.70. The highest BCUT2D eigenvalue weighted by Crippen LogP contribution is 2.48. The van der Waals surface area contributed by atoms with E-state index in [1.165, 1.54) is 0 Å². The Morgan fingerprint density at radius 3 is 2.52 bits per heavy atom. The van der Waals surface area contributed by atoms with Gasteiger partial charge < -0.3 is 10.1 Å². The molecule has 1 aliphatic rings. The third kappa shape index (κ3) is 3.70. The van der Waals surface area contributed by atoms with Crippen LogP contribution in [-0.4, -0.2) is 12.5 Å². The van der Waals surface area contributed by atoms with Gasteiger partial charge in [-0.3, -0.25) is 4.79 Å². The van der Waals surface area contributed by atoms with Crippen LogP contribution < -0.4 is 10.1 Å². The Morgan fingerprint density at radius 1 is 1.13 bits per heavy atom. The maximum Gasteiger partial charge on any atom is 0.259 e. The number of anilines is 1. The maximum atomic E-state index is 12.5. The summed E-state index contributed by atoms with van der Waals surface area (Å²) in [5.74, 6) is 0.363. The van der Waals surface area contributed by atoms with Gasteiger partial charge in [0.25, 0.3) is 5.91 Å². The van der Waals surface area contributed by atoms with E-state index in [4.69, 9.17) is 10.00 Å². The lowest BCUT2D eigenvalue weighted by Gasteiger charge is -2.15. The van der Waals surface area contributed by atoms with Crippen LogP contribution in [-0.2, 0) is 0 Å². The molecule has 0 unspecified atom stereocenters. The number of nitriles is 1. The number of para-hydroxylation sites is 2. The Bertz CT molecular complexity index is 731. The van der Waals surface area contributed by atoms with Crippen molar-refractivity contribution >= 4 is 11.6 Å². The van der Waals surface area contributed by atoms with Crippen LogP contribution in [0.15, 0.2) is 54.6 Å². The number of carbonyl (C=O) groups excluding carboxylic acids is 1. The number of hydrogen-bond donors (Lipinski definition) is 1. The summed E-state index contributed by atoms with van der Waals surface area (Å²) in [7, 11) is 0. The van der Waals surface area contributed by atoms with Crippen LogP contribution >= 0.6 is 0 Å². The van der Waals surface area contributed by atoms with Crippen LogP contribution in [0.2, 0.25) is 0 Å². The Morgan fingerprint density at radius 2 is 1.83 bits per heavy atom. The van der Waals surface area contributed by atoms with Crippen LogP contribution in [0.1, 0.15) is 29.6 Å². The number of carbonyl (C=O) groups is 1. The molecule has 0 atom stereocenters. The molecule has 1 N–H and O–H groups in total. The molecule has 4 nitrogen and oxygen atoms in total. The van der Waals surface area contributed by atoms with Gasteiger partial charge in [-0.1, -0.05) is 30.3 Å². The predicted molar refractivity (Wildman–Crippen MR) is 88.2 cm³/mol. The zero-order valence-electron chi connectivity index (χ0n) is 12.8. The first-order valence-electron chi connectivity index (χ1n) is 7.68. The maximum absolute atomic E-state index is 12.5. The van der Waals surface area contributed by atoms with E-state index >= 15 is 0 Å². The van der Waals surface area contributed by atoms with E-state index in [0.717, 1.165) is 18.5 Å². The number of rotatable bonds is 6. The fraction of sp³-hybridized carbons (Fsp3) is 0.263. The van der Waals surface area contributed by atoms with Crippen molar-refractivity contribution in [2.75, 3.05) is 11.9 Å². The van der Waals surface area contributed by atoms with Crippen LogP contribution in [0.4, 0.5) is 5.69 Å². The van der Waals surface area contributed by atoms with E-state index in [0.29, 0.717) is 24.3 Å². The Hall–Kier alpha value is -2.80. The van der Waals surface area contributed by atoms with Gasteiger partial charge in [-0.25, -0.2) is 0 Å². The average Bonchev–Trinajstić information content (AvgIpc) is 3.34. The van der Waals surface area contributed by atoms with Crippen molar-refractivity contribution in [2.24, 2.45) is 5.41 Å². The standard InChI is InChI=1S/C19H18N2O2/c20-13-12-19(10-11-19)14-23-17-9-5-4-8-16(17)18(22)21-15-6-2-1-3-7-15/h1-9H,10-12,14H2,(H,21,22). The molecule has 116 valence electrons. The molecule has 0 saturated heterocycles. The van der Waals surface area contributed by atoms with E-state index in [1.54, 1.807) is 12.1 Å². The molecular weight excluding hydrogens is 288 g/mol. The van der Waals surface area contributed by atoms with Crippen molar-refractivity contribution < 1.29 is 9.53 Å². The number of benzene rings is 2. The number of nitrogens with one attached hydrogen (secondary N) is 1. The van der Waals surface area contributed by atoms with E-state index in [-0.39, 0.29) is 11.3 Å². The first-order chi connectivity index (χ1) is 11.2. The predicted octanol–water partition coefficient (Wildman–Crippen LogP) is 4.01. The van der Waals surface area contributed by atoms with E-state index in [1.807, 2.05) is 42.5 Å².